The Kier molecular flexibility index (Phi) is 8.57. The predicted molar refractivity (Wildman–Crippen MR) is 175 cm³/mol. The number of piperidine rings is 1. The number of aryl methyl sites for hydroxylation is 1. The first kappa shape index (κ1) is 30.7. The fraction of sp³-hybridized carbons (Fsp3) is 0.486. The van der Waals surface area contributed by atoms with Crippen molar-refractivity contribution in [2.24, 2.45) is 0 Å². The Morgan fingerprint density at radius 1 is 0.911 bits per heavy atom. The molecule has 10 heteroatoms. The molecule has 2 aromatic heterocycles. The number of amides is 2. The number of aromatic nitrogens is 2. The van der Waals surface area contributed by atoms with E-state index in [4.69, 9.17) is 4.74 Å². The van der Waals surface area contributed by atoms with Crippen molar-refractivity contribution in [2.75, 3.05) is 55.7 Å². The molecule has 3 aliphatic heterocycles. The molecule has 1 N–H and O–H groups in total. The van der Waals surface area contributed by atoms with Gasteiger partial charge < -0.3 is 29.3 Å². The van der Waals surface area contributed by atoms with Crippen molar-refractivity contribution in [3.63, 3.8) is 0 Å². The van der Waals surface area contributed by atoms with Crippen LogP contribution < -0.4 is 20.7 Å². The maximum absolute atomic E-state index is 13.3. The second-order valence-electron chi connectivity index (χ2n) is 12.8. The first-order chi connectivity index (χ1) is 21.7. The highest BCUT2D eigenvalue weighted by atomic mass is 16.5. The minimum atomic E-state index is -0.419. The van der Waals surface area contributed by atoms with Gasteiger partial charge in [0.05, 0.1) is 24.0 Å². The van der Waals surface area contributed by atoms with Crippen LogP contribution in [0.3, 0.4) is 0 Å². The third kappa shape index (κ3) is 6.15. The Bertz CT molecular complexity index is 1580. The standard InChI is InChI=1S/C35H44N6O4/c1-4-34(27-9-7-6-8-10-27)13-16-39(24-34)29-21-26(3)41(31(42)22-29)20-19-40-25-35(37-33(40)44)14-17-38(18-15-35)28-11-12-30(36-23-28)32(43)45-5-2/h6-12,21-23H,4-5,13-20,24-25H2,1-3H3,(H,37,44)/t34-/m0/s1. The zero-order chi connectivity index (χ0) is 31.6. The van der Waals surface area contributed by atoms with Crippen LogP contribution in [0.2, 0.25) is 0 Å². The van der Waals surface area contributed by atoms with Crippen LogP contribution in [0.4, 0.5) is 16.2 Å². The second-order valence-corrected chi connectivity index (χ2v) is 12.8. The summed E-state index contributed by atoms with van der Waals surface area (Å²) >= 11 is 0. The summed E-state index contributed by atoms with van der Waals surface area (Å²) in [5, 5.41) is 3.26. The van der Waals surface area contributed by atoms with Gasteiger partial charge in [0.2, 0.25) is 0 Å². The molecule has 0 radical (unpaired) electrons. The normalized spacial score (nSPS) is 21.0. The van der Waals surface area contributed by atoms with E-state index < -0.39 is 5.97 Å². The number of nitrogens with one attached hydrogen (secondary N) is 1. The van der Waals surface area contributed by atoms with Crippen molar-refractivity contribution in [2.45, 2.75) is 64.0 Å². The molecule has 3 aromatic rings. The molecule has 0 unspecified atom stereocenters. The van der Waals surface area contributed by atoms with E-state index in [1.54, 1.807) is 29.8 Å². The third-order valence-electron chi connectivity index (χ3n) is 10.2. The average Bonchev–Trinajstić information content (AvgIpc) is 3.63. The largest absolute Gasteiger partial charge is 0.461 e. The van der Waals surface area contributed by atoms with Crippen molar-refractivity contribution < 1.29 is 14.3 Å². The van der Waals surface area contributed by atoms with E-state index in [2.05, 4.69) is 63.4 Å². The molecule has 1 aromatic carbocycles. The van der Waals surface area contributed by atoms with Crippen LogP contribution in [0.25, 0.3) is 0 Å². The van der Waals surface area contributed by atoms with Crippen LogP contribution in [0.15, 0.2) is 65.6 Å². The highest BCUT2D eigenvalue weighted by Crippen LogP contribution is 2.39. The summed E-state index contributed by atoms with van der Waals surface area (Å²) in [6.07, 6.45) is 5.45. The third-order valence-corrected chi connectivity index (χ3v) is 10.2. The fourth-order valence-electron chi connectivity index (χ4n) is 7.35. The first-order valence-electron chi connectivity index (χ1n) is 16.2. The average molecular weight is 613 g/mol. The molecular formula is C35H44N6O4. The van der Waals surface area contributed by atoms with E-state index in [1.165, 1.54) is 5.56 Å². The zero-order valence-corrected chi connectivity index (χ0v) is 26.6. The molecule has 0 aliphatic carbocycles. The summed E-state index contributed by atoms with van der Waals surface area (Å²) in [7, 11) is 0. The Hall–Kier alpha value is -4.34. The number of nitrogens with zero attached hydrogens (tertiary/aromatic N) is 5. The van der Waals surface area contributed by atoms with Gasteiger partial charge >= 0.3 is 12.0 Å². The number of hydrogen-bond donors (Lipinski definition) is 1. The summed E-state index contributed by atoms with van der Waals surface area (Å²) in [6.45, 7) is 11.3. The number of hydrogen-bond acceptors (Lipinski definition) is 7. The Morgan fingerprint density at radius 3 is 2.33 bits per heavy atom. The minimum Gasteiger partial charge on any atom is -0.461 e. The van der Waals surface area contributed by atoms with Crippen molar-refractivity contribution >= 4 is 23.4 Å². The van der Waals surface area contributed by atoms with Crippen LogP contribution in [-0.4, -0.2) is 77.9 Å². The lowest BCUT2D eigenvalue weighted by molar-refractivity contribution is 0.0519. The number of carbonyl (C=O) groups is 2. The number of urea groups is 1. The van der Waals surface area contributed by atoms with Crippen LogP contribution in [0, 0.1) is 6.92 Å². The first-order valence-corrected chi connectivity index (χ1v) is 16.2. The number of esters is 1. The molecule has 0 saturated carbocycles. The molecule has 1 spiro atoms. The summed E-state index contributed by atoms with van der Waals surface area (Å²) in [5.41, 5.74) is 4.31. The van der Waals surface area contributed by atoms with E-state index in [0.29, 0.717) is 31.9 Å². The van der Waals surface area contributed by atoms with Gasteiger partial charge in [-0.25, -0.2) is 14.6 Å². The van der Waals surface area contributed by atoms with E-state index in [9.17, 15) is 14.4 Å². The van der Waals surface area contributed by atoms with Crippen LogP contribution >= 0.6 is 0 Å². The van der Waals surface area contributed by atoms with E-state index in [-0.39, 0.29) is 22.5 Å². The van der Waals surface area contributed by atoms with Gasteiger partial charge in [-0.05, 0) is 63.3 Å². The van der Waals surface area contributed by atoms with Gasteiger partial charge in [0.1, 0.15) is 5.69 Å². The molecule has 3 fully saturated rings. The number of anilines is 2. The van der Waals surface area contributed by atoms with Gasteiger partial charge in [0, 0.05) is 68.7 Å². The summed E-state index contributed by atoms with van der Waals surface area (Å²) in [5.74, 6) is -0.419. The smallest absolute Gasteiger partial charge is 0.356 e. The summed E-state index contributed by atoms with van der Waals surface area (Å²) < 4.78 is 6.82. The SMILES string of the molecule is CCOC(=O)c1ccc(N2CCC3(CC2)CN(CCn2c(C)cc(N4CC[C@](CC)(c5ccccc5)C4)cc2=O)C(=O)N3)cn1. The van der Waals surface area contributed by atoms with Gasteiger partial charge in [0.15, 0.2) is 0 Å². The predicted octanol–water partition coefficient (Wildman–Crippen LogP) is 4.35. The summed E-state index contributed by atoms with van der Waals surface area (Å²) in [6, 6.07) is 18.1. The molecule has 2 amide bonds. The highest BCUT2D eigenvalue weighted by Gasteiger charge is 2.44. The van der Waals surface area contributed by atoms with E-state index in [1.807, 2.05) is 17.9 Å². The molecule has 3 saturated heterocycles. The lowest BCUT2D eigenvalue weighted by Gasteiger charge is -2.39. The molecule has 1 atom stereocenters. The number of pyridine rings is 2. The monoisotopic (exact) mass is 612 g/mol. The van der Waals surface area contributed by atoms with Crippen molar-refractivity contribution in [3.8, 4) is 0 Å². The van der Waals surface area contributed by atoms with Gasteiger partial charge in [0.25, 0.3) is 5.56 Å². The number of rotatable bonds is 9. The Balaban J connectivity index is 1.05. The van der Waals surface area contributed by atoms with Crippen molar-refractivity contribution in [3.05, 3.63) is 88.1 Å². The van der Waals surface area contributed by atoms with Crippen LogP contribution in [0.5, 0.6) is 0 Å². The van der Waals surface area contributed by atoms with Gasteiger partial charge in [-0.3, -0.25) is 4.79 Å². The Morgan fingerprint density at radius 2 is 1.67 bits per heavy atom. The fourth-order valence-corrected chi connectivity index (χ4v) is 7.35. The molecule has 238 valence electrons. The van der Waals surface area contributed by atoms with E-state index in [0.717, 1.165) is 68.9 Å². The minimum absolute atomic E-state index is 0.0241. The number of ether oxygens (including phenoxy) is 1. The second kappa shape index (κ2) is 12.6. The molecule has 10 nitrogen and oxygen atoms in total. The van der Waals surface area contributed by atoms with E-state index >= 15 is 0 Å². The maximum Gasteiger partial charge on any atom is 0.356 e. The number of benzene rings is 1. The number of carbonyl (C=O) groups excluding carboxylic acids is 2. The molecule has 0 bridgehead atoms. The maximum atomic E-state index is 13.3. The van der Waals surface area contributed by atoms with Crippen LogP contribution in [0.1, 0.15) is 61.3 Å². The molecule has 45 heavy (non-hydrogen) atoms. The summed E-state index contributed by atoms with van der Waals surface area (Å²) in [4.78, 5) is 49.0. The van der Waals surface area contributed by atoms with Crippen molar-refractivity contribution in [1.82, 2.24) is 19.8 Å². The zero-order valence-electron chi connectivity index (χ0n) is 26.6. The van der Waals surface area contributed by atoms with Gasteiger partial charge in [-0.15, -0.1) is 0 Å². The lowest BCUT2D eigenvalue weighted by Crippen LogP contribution is -2.52. The van der Waals surface area contributed by atoms with Crippen LogP contribution in [-0.2, 0) is 16.7 Å². The highest BCUT2D eigenvalue weighted by molar-refractivity contribution is 5.87. The quantitative estimate of drug-likeness (QED) is 0.359. The Labute approximate surface area is 265 Å². The molecule has 6 rings (SSSR count). The topological polar surface area (TPSA) is 100 Å². The lowest BCUT2D eigenvalue weighted by atomic mass is 9.77. The van der Waals surface area contributed by atoms with Crippen molar-refractivity contribution in [1.29, 1.82) is 0 Å². The molecule has 5 heterocycles. The van der Waals surface area contributed by atoms with Gasteiger partial charge in [-0.2, -0.15) is 0 Å². The molecule has 3 aliphatic rings. The van der Waals surface area contributed by atoms with Gasteiger partial charge in [-0.1, -0.05) is 37.3 Å². The molecular weight excluding hydrogens is 568 g/mol.